The van der Waals surface area contributed by atoms with Crippen LogP contribution in [0.5, 0.6) is 5.75 Å². The highest BCUT2D eigenvalue weighted by Crippen LogP contribution is 2.45. The first kappa shape index (κ1) is 23.7. The van der Waals surface area contributed by atoms with Crippen LogP contribution in [0.3, 0.4) is 0 Å². The summed E-state index contributed by atoms with van der Waals surface area (Å²) >= 11 is 1.32. The topological polar surface area (TPSA) is 92.6 Å². The SMILES string of the molecule is COc1cc(C)c(/C(O)=C2\C(=O)C(=O)N(c3nc4ccccc4s3)C2c2cccnc2)cc1C(C)C. The van der Waals surface area contributed by atoms with Gasteiger partial charge >= 0.3 is 5.91 Å². The van der Waals surface area contributed by atoms with Gasteiger partial charge in [-0.1, -0.05) is 43.4 Å². The Morgan fingerprint density at radius 2 is 1.92 bits per heavy atom. The second-order valence-corrected chi connectivity index (χ2v) is 9.99. The highest BCUT2D eigenvalue weighted by Gasteiger charge is 2.48. The fraction of sp³-hybridized carbons (Fsp3) is 0.214. The van der Waals surface area contributed by atoms with Crippen LogP contribution in [0.25, 0.3) is 16.0 Å². The molecule has 36 heavy (non-hydrogen) atoms. The van der Waals surface area contributed by atoms with Crippen LogP contribution in [0.1, 0.15) is 48.1 Å². The second-order valence-electron chi connectivity index (χ2n) is 8.98. The average Bonchev–Trinajstić information content (AvgIpc) is 3.42. The van der Waals surface area contributed by atoms with E-state index >= 15 is 0 Å². The Balaban J connectivity index is 1.75. The predicted molar refractivity (Wildman–Crippen MR) is 140 cm³/mol. The van der Waals surface area contributed by atoms with Crippen LogP contribution in [-0.2, 0) is 9.59 Å². The van der Waals surface area contributed by atoms with Crippen molar-refractivity contribution < 1.29 is 19.4 Å². The molecule has 0 radical (unpaired) electrons. The Morgan fingerprint density at radius 1 is 1.14 bits per heavy atom. The van der Waals surface area contributed by atoms with Gasteiger partial charge in [0.25, 0.3) is 5.78 Å². The summed E-state index contributed by atoms with van der Waals surface area (Å²) in [5.41, 5.74) is 3.45. The first-order valence-corrected chi connectivity index (χ1v) is 12.4. The van der Waals surface area contributed by atoms with Crippen LogP contribution in [-0.4, -0.2) is 33.9 Å². The molecule has 7 nitrogen and oxygen atoms in total. The van der Waals surface area contributed by atoms with E-state index in [4.69, 9.17) is 4.74 Å². The highest BCUT2D eigenvalue weighted by atomic mass is 32.1. The molecule has 0 bridgehead atoms. The number of carbonyl (C=O) groups is 2. The molecule has 2 aromatic carbocycles. The molecule has 1 N–H and O–H groups in total. The first-order chi connectivity index (χ1) is 17.3. The molecule has 1 atom stereocenters. The second kappa shape index (κ2) is 9.20. The van der Waals surface area contributed by atoms with Crippen molar-refractivity contribution >= 4 is 44.1 Å². The number of nitrogens with zero attached hydrogens (tertiary/aromatic N) is 3. The van der Waals surface area contributed by atoms with E-state index in [0.717, 1.165) is 21.3 Å². The number of hydrogen-bond donors (Lipinski definition) is 1. The van der Waals surface area contributed by atoms with Crippen molar-refractivity contribution in [1.29, 1.82) is 0 Å². The zero-order valence-electron chi connectivity index (χ0n) is 20.4. The van der Waals surface area contributed by atoms with Crippen molar-refractivity contribution in [3.05, 3.63) is 88.8 Å². The lowest BCUT2D eigenvalue weighted by atomic mass is 9.91. The Bertz CT molecular complexity index is 1490. The lowest BCUT2D eigenvalue weighted by Gasteiger charge is -2.23. The highest BCUT2D eigenvalue weighted by molar-refractivity contribution is 7.22. The Morgan fingerprint density at radius 3 is 2.58 bits per heavy atom. The number of hydrogen-bond acceptors (Lipinski definition) is 7. The number of para-hydroxylation sites is 1. The summed E-state index contributed by atoms with van der Waals surface area (Å²) in [6.45, 7) is 5.89. The number of rotatable bonds is 5. The number of ketones is 1. The van der Waals surface area contributed by atoms with E-state index in [1.165, 1.54) is 16.2 Å². The van der Waals surface area contributed by atoms with Crippen molar-refractivity contribution in [2.75, 3.05) is 12.0 Å². The summed E-state index contributed by atoms with van der Waals surface area (Å²) in [6.07, 6.45) is 3.22. The number of methoxy groups -OCH3 is 1. The van der Waals surface area contributed by atoms with E-state index in [1.54, 1.807) is 31.6 Å². The number of aryl methyl sites for hydroxylation is 1. The van der Waals surface area contributed by atoms with Crippen LogP contribution in [0, 0.1) is 6.92 Å². The maximum absolute atomic E-state index is 13.5. The molecule has 1 unspecified atom stereocenters. The van der Waals surface area contributed by atoms with Gasteiger partial charge in [-0.25, -0.2) is 4.98 Å². The van der Waals surface area contributed by atoms with Gasteiger partial charge in [-0.2, -0.15) is 0 Å². The van der Waals surface area contributed by atoms with E-state index in [2.05, 4.69) is 9.97 Å². The lowest BCUT2D eigenvalue weighted by Crippen LogP contribution is -2.29. The summed E-state index contributed by atoms with van der Waals surface area (Å²) in [5.74, 6) is -0.904. The number of ether oxygens (including phenoxy) is 1. The molecule has 3 heterocycles. The molecule has 0 spiro atoms. The number of thiazole rings is 1. The average molecular weight is 500 g/mol. The van der Waals surface area contributed by atoms with Gasteiger partial charge in [-0.15, -0.1) is 0 Å². The van der Waals surface area contributed by atoms with Crippen LogP contribution in [0.4, 0.5) is 5.13 Å². The minimum absolute atomic E-state index is 0.00947. The summed E-state index contributed by atoms with van der Waals surface area (Å²) < 4.78 is 6.43. The van der Waals surface area contributed by atoms with Gasteiger partial charge in [0.2, 0.25) is 0 Å². The third-order valence-electron chi connectivity index (χ3n) is 6.39. The van der Waals surface area contributed by atoms with Gasteiger partial charge < -0.3 is 9.84 Å². The number of anilines is 1. The zero-order valence-corrected chi connectivity index (χ0v) is 21.2. The van der Waals surface area contributed by atoms with Crippen molar-refractivity contribution in [2.24, 2.45) is 0 Å². The van der Waals surface area contributed by atoms with Gasteiger partial charge in [-0.05, 0) is 59.9 Å². The van der Waals surface area contributed by atoms with Crippen LogP contribution >= 0.6 is 11.3 Å². The van der Waals surface area contributed by atoms with Crippen LogP contribution in [0.15, 0.2) is 66.5 Å². The van der Waals surface area contributed by atoms with Gasteiger partial charge in [0.05, 0.1) is 28.9 Å². The summed E-state index contributed by atoms with van der Waals surface area (Å²) in [4.78, 5) is 37.1. The molecule has 0 aliphatic carbocycles. The molecule has 2 aromatic heterocycles. The molecular formula is C28H25N3O4S. The van der Waals surface area contributed by atoms with Crippen molar-refractivity contribution in [3.63, 3.8) is 0 Å². The van der Waals surface area contributed by atoms with Crippen molar-refractivity contribution in [1.82, 2.24) is 9.97 Å². The zero-order chi connectivity index (χ0) is 25.6. The molecule has 1 fully saturated rings. The maximum atomic E-state index is 13.5. The minimum Gasteiger partial charge on any atom is -0.507 e. The maximum Gasteiger partial charge on any atom is 0.301 e. The Labute approximate surface area is 212 Å². The van der Waals surface area contributed by atoms with Gasteiger partial charge in [-0.3, -0.25) is 19.5 Å². The molecule has 0 saturated carbocycles. The van der Waals surface area contributed by atoms with Crippen molar-refractivity contribution in [2.45, 2.75) is 32.7 Å². The fourth-order valence-electron chi connectivity index (χ4n) is 4.57. The molecular weight excluding hydrogens is 474 g/mol. The molecule has 1 amide bonds. The number of benzene rings is 2. The number of aliphatic hydroxyl groups is 1. The molecule has 4 aromatic rings. The third-order valence-corrected chi connectivity index (χ3v) is 7.42. The third kappa shape index (κ3) is 3.83. The monoisotopic (exact) mass is 499 g/mol. The Hall–Kier alpha value is -4.04. The fourth-order valence-corrected chi connectivity index (χ4v) is 5.56. The van der Waals surface area contributed by atoms with Gasteiger partial charge in [0, 0.05) is 18.0 Å². The first-order valence-electron chi connectivity index (χ1n) is 11.6. The molecule has 1 saturated heterocycles. The van der Waals surface area contributed by atoms with E-state index in [-0.39, 0.29) is 17.3 Å². The number of carbonyl (C=O) groups excluding carboxylic acids is 2. The van der Waals surface area contributed by atoms with Gasteiger partial charge in [0.15, 0.2) is 5.13 Å². The minimum atomic E-state index is -0.872. The largest absolute Gasteiger partial charge is 0.507 e. The molecule has 5 rings (SSSR count). The normalized spacial score (nSPS) is 17.4. The lowest BCUT2D eigenvalue weighted by molar-refractivity contribution is -0.132. The summed E-state index contributed by atoms with van der Waals surface area (Å²) in [6, 6.07) is 13.9. The van der Waals surface area contributed by atoms with Gasteiger partial charge in [0.1, 0.15) is 11.5 Å². The van der Waals surface area contributed by atoms with Crippen LogP contribution in [0.2, 0.25) is 0 Å². The summed E-state index contributed by atoms with van der Waals surface area (Å²) in [7, 11) is 1.60. The predicted octanol–water partition coefficient (Wildman–Crippen LogP) is 5.76. The van der Waals surface area contributed by atoms with Crippen molar-refractivity contribution in [3.8, 4) is 5.75 Å². The van der Waals surface area contributed by atoms with E-state index in [9.17, 15) is 14.7 Å². The summed E-state index contributed by atoms with van der Waals surface area (Å²) in [5, 5.41) is 12.0. The standard InChI is InChI=1S/C28H25N3O4S/c1-15(2)18-13-19(16(3)12-21(18)35-4)25(32)23-24(17-8-7-11-29-14-17)31(27(34)26(23)33)28-30-20-9-5-6-10-22(20)36-28/h5-15,24,32H,1-4H3/b25-23+. The quantitative estimate of drug-likeness (QED) is 0.213. The molecule has 1 aliphatic rings. The van der Waals surface area contributed by atoms with E-state index < -0.39 is 17.7 Å². The number of fused-ring (bicyclic) bond motifs is 1. The number of pyridine rings is 1. The molecule has 182 valence electrons. The number of Topliss-reactive ketones (excluding diaryl/α,β-unsaturated/α-hetero) is 1. The smallest absolute Gasteiger partial charge is 0.301 e. The molecule has 8 heteroatoms. The number of amides is 1. The van der Waals surface area contributed by atoms with E-state index in [0.29, 0.717) is 22.0 Å². The number of aliphatic hydroxyl groups excluding tert-OH is 1. The Kier molecular flexibility index (Phi) is 6.05. The molecule has 1 aliphatic heterocycles. The number of aromatic nitrogens is 2. The van der Waals surface area contributed by atoms with Crippen LogP contribution < -0.4 is 9.64 Å². The van der Waals surface area contributed by atoms with E-state index in [1.807, 2.05) is 57.2 Å².